The van der Waals surface area contributed by atoms with E-state index in [4.69, 9.17) is 4.74 Å². The molecule has 0 aromatic heterocycles. The first kappa shape index (κ1) is 14.4. The molecule has 1 N–H and O–H groups in total. The molecule has 1 saturated heterocycles. The Hall–Kier alpha value is -1.06. The van der Waals surface area contributed by atoms with Crippen LogP contribution in [0.5, 0.6) is 5.75 Å². The van der Waals surface area contributed by atoms with E-state index in [0.717, 1.165) is 36.8 Å². The van der Waals surface area contributed by atoms with Crippen molar-refractivity contribution < 1.29 is 9.84 Å². The Balaban J connectivity index is 1.66. The lowest BCUT2D eigenvalue weighted by molar-refractivity contribution is 0.176. The quantitative estimate of drug-likeness (QED) is 0.801. The largest absolute Gasteiger partial charge is 0.493 e. The van der Waals surface area contributed by atoms with E-state index >= 15 is 0 Å². The topological polar surface area (TPSA) is 32.7 Å². The second-order valence-electron chi connectivity index (χ2n) is 5.49. The smallest absolute Gasteiger partial charge is 0.124 e. The fourth-order valence-electron chi connectivity index (χ4n) is 2.53. The van der Waals surface area contributed by atoms with Gasteiger partial charge in [0.2, 0.25) is 0 Å². The van der Waals surface area contributed by atoms with Crippen LogP contribution in [0.4, 0.5) is 0 Å². The SMILES string of the molecule is CC1CCN(CCCOc2ccccc2CO)CC1. The van der Waals surface area contributed by atoms with Crippen molar-refractivity contribution in [3.05, 3.63) is 29.8 Å². The fourth-order valence-corrected chi connectivity index (χ4v) is 2.53. The average molecular weight is 263 g/mol. The third-order valence-corrected chi connectivity index (χ3v) is 3.90. The summed E-state index contributed by atoms with van der Waals surface area (Å²) in [4.78, 5) is 2.53. The predicted molar refractivity (Wildman–Crippen MR) is 77.3 cm³/mol. The average Bonchev–Trinajstić information content (AvgIpc) is 2.46. The molecule has 2 rings (SSSR count). The van der Waals surface area contributed by atoms with Crippen molar-refractivity contribution in [3.63, 3.8) is 0 Å². The first-order chi connectivity index (χ1) is 9.29. The van der Waals surface area contributed by atoms with E-state index in [-0.39, 0.29) is 6.61 Å². The molecule has 1 aliphatic heterocycles. The maximum atomic E-state index is 9.22. The predicted octanol–water partition coefficient (Wildman–Crippen LogP) is 2.68. The molecule has 1 aromatic rings. The Labute approximate surface area is 116 Å². The van der Waals surface area contributed by atoms with Crippen molar-refractivity contribution in [2.24, 2.45) is 5.92 Å². The van der Waals surface area contributed by atoms with E-state index in [1.807, 2.05) is 24.3 Å². The molecule has 0 unspecified atom stereocenters. The lowest BCUT2D eigenvalue weighted by Gasteiger charge is -2.30. The highest BCUT2D eigenvalue weighted by molar-refractivity contribution is 5.32. The van der Waals surface area contributed by atoms with Gasteiger partial charge in [-0.3, -0.25) is 0 Å². The molecule has 1 aromatic carbocycles. The van der Waals surface area contributed by atoms with Crippen LogP contribution in [0.25, 0.3) is 0 Å². The van der Waals surface area contributed by atoms with Crippen molar-refractivity contribution in [1.29, 1.82) is 0 Å². The molecule has 0 radical (unpaired) electrons. The van der Waals surface area contributed by atoms with Gasteiger partial charge in [-0.05, 0) is 44.3 Å². The summed E-state index contributed by atoms with van der Waals surface area (Å²) >= 11 is 0. The summed E-state index contributed by atoms with van der Waals surface area (Å²) in [5.74, 6) is 1.71. The van der Waals surface area contributed by atoms with Crippen LogP contribution in [0.1, 0.15) is 31.7 Å². The van der Waals surface area contributed by atoms with Crippen molar-refractivity contribution >= 4 is 0 Å². The number of aliphatic hydroxyl groups is 1. The molecule has 1 fully saturated rings. The second kappa shape index (κ2) is 7.51. The number of ether oxygens (including phenoxy) is 1. The van der Waals surface area contributed by atoms with Crippen LogP contribution in [-0.4, -0.2) is 36.2 Å². The molecule has 3 heteroatoms. The third-order valence-electron chi connectivity index (χ3n) is 3.90. The molecule has 3 nitrogen and oxygen atoms in total. The first-order valence-electron chi connectivity index (χ1n) is 7.33. The number of aliphatic hydroxyl groups excluding tert-OH is 1. The highest BCUT2D eigenvalue weighted by Gasteiger charge is 2.14. The Bertz CT molecular complexity index is 373. The molecule has 0 atom stereocenters. The number of rotatable bonds is 6. The van der Waals surface area contributed by atoms with Gasteiger partial charge in [-0.2, -0.15) is 0 Å². The number of likely N-dealkylation sites (tertiary alicyclic amines) is 1. The van der Waals surface area contributed by atoms with Crippen LogP contribution in [-0.2, 0) is 6.61 Å². The molecular formula is C16H25NO2. The second-order valence-corrected chi connectivity index (χ2v) is 5.49. The number of hydrogen-bond donors (Lipinski definition) is 1. The van der Waals surface area contributed by atoms with Gasteiger partial charge in [0.25, 0.3) is 0 Å². The minimum atomic E-state index is 0.0419. The molecule has 0 bridgehead atoms. The number of benzene rings is 1. The van der Waals surface area contributed by atoms with E-state index in [0.29, 0.717) is 0 Å². The van der Waals surface area contributed by atoms with Gasteiger partial charge in [-0.1, -0.05) is 25.1 Å². The van der Waals surface area contributed by atoms with E-state index in [9.17, 15) is 5.11 Å². The summed E-state index contributed by atoms with van der Waals surface area (Å²) in [5, 5.41) is 9.22. The maximum absolute atomic E-state index is 9.22. The zero-order valence-corrected chi connectivity index (χ0v) is 11.8. The monoisotopic (exact) mass is 263 g/mol. The maximum Gasteiger partial charge on any atom is 0.124 e. The Morgan fingerprint density at radius 3 is 2.74 bits per heavy atom. The van der Waals surface area contributed by atoms with Gasteiger partial charge in [0.05, 0.1) is 13.2 Å². The van der Waals surface area contributed by atoms with Crippen molar-refractivity contribution in [1.82, 2.24) is 4.90 Å². The van der Waals surface area contributed by atoms with Crippen molar-refractivity contribution in [3.8, 4) is 5.75 Å². The number of para-hydroxylation sites is 1. The van der Waals surface area contributed by atoms with Gasteiger partial charge in [0.15, 0.2) is 0 Å². The molecular weight excluding hydrogens is 238 g/mol. The van der Waals surface area contributed by atoms with Gasteiger partial charge in [0, 0.05) is 12.1 Å². The summed E-state index contributed by atoms with van der Waals surface area (Å²) in [6, 6.07) is 7.70. The fraction of sp³-hybridized carbons (Fsp3) is 0.625. The summed E-state index contributed by atoms with van der Waals surface area (Å²) in [6.07, 6.45) is 3.70. The molecule has 1 heterocycles. The lowest BCUT2D eigenvalue weighted by Crippen LogP contribution is -2.34. The summed E-state index contributed by atoms with van der Waals surface area (Å²) in [5.41, 5.74) is 0.870. The molecule has 0 aliphatic carbocycles. The standard InChI is InChI=1S/C16H25NO2/c1-14-7-10-17(11-8-14)9-4-12-19-16-6-3-2-5-15(16)13-18/h2-3,5-6,14,18H,4,7-13H2,1H3. The number of nitrogens with zero attached hydrogens (tertiary/aromatic N) is 1. The molecule has 19 heavy (non-hydrogen) atoms. The Morgan fingerprint density at radius 1 is 1.26 bits per heavy atom. The van der Waals surface area contributed by atoms with Gasteiger partial charge in [-0.25, -0.2) is 0 Å². The normalized spacial score (nSPS) is 17.6. The summed E-state index contributed by atoms with van der Waals surface area (Å²) in [7, 11) is 0. The highest BCUT2D eigenvalue weighted by Crippen LogP contribution is 2.18. The number of hydrogen-bond acceptors (Lipinski definition) is 3. The van der Waals surface area contributed by atoms with Crippen LogP contribution >= 0.6 is 0 Å². The molecule has 106 valence electrons. The van der Waals surface area contributed by atoms with Crippen molar-refractivity contribution in [2.45, 2.75) is 32.8 Å². The van der Waals surface area contributed by atoms with E-state index < -0.39 is 0 Å². The molecule has 1 aliphatic rings. The van der Waals surface area contributed by atoms with Gasteiger partial charge in [0.1, 0.15) is 5.75 Å². The zero-order chi connectivity index (χ0) is 13.5. The van der Waals surface area contributed by atoms with E-state index in [2.05, 4.69) is 11.8 Å². The Kier molecular flexibility index (Phi) is 5.67. The molecule has 0 saturated carbocycles. The summed E-state index contributed by atoms with van der Waals surface area (Å²) < 4.78 is 5.75. The third kappa shape index (κ3) is 4.51. The van der Waals surface area contributed by atoms with Crippen molar-refractivity contribution in [2.75, 3.05) is 26.2 Å². The molecule has 0 amide bonds. The minimum Gasteiger partial charge on any atom is -0.493 e. The zero-order valence-electron chi connectivity index (χ0n) is 11.8. The summed E-state index contributed by atoms with van der Waals surface area (Å²) in [6.45, 7) is 6.69. The van der Waals surface area contributed by atoms with Crippen LogP contribution in [0.3, 0.4) is 0 Å². The van der Waals surface area contributed by atoms with Crippen LogP contribution in [0.2, 0.25) is 0 Å². The van der Waals surface area contributed by atoms with Gasteiger partial charge >= 0.3 is 0 Å². The van der Waals surface area contributed by atoms with Gasteiger partial charge < -0.3 is 14.7 Å². The lowest BCUT2D eigenvalue weighted by atomic mass is 9.99. The minimum absolute atomic E-state index is 0.0419. The van der Waals surface area contributed by atoms with E-state index in [1.54, 1.807) is 0 Å². The highest BCUT2D eigenvalue weighted by atomic mass is 16.5. The van der Waals surface area contributed by atoms with Crippen LogP contribution in [0.15, 0.2) is 24.3 Å². The van der Waals surface area contributed by atoms with Crippen LogP contribution in [0, 0.1) is 5.92 Å². The Morgan fingerprint density at radius 2 is 2.00 bits per heavy atom. The van der Waals surface area contributed by atoms with E-state index in [1.165, 1.54) is 25.9 Å². The van der Waals surface area contributed by atoms with Gasteiger partial charge in [-0.15, -0.1) is 0 Å². The first-order valence-corrected chi connectivity index (χ1v) is 7.33. The molecule has 0 spiro atoms. The number of piperidine rings is 1. The van der Waals surface area contributed by atoms with Crippen LogP contribution < -0.4 is 4.74 Å².